The van der Waals surface area contributed by atoms with Gasteiger partial charge in [0.1, 0.15) is 17.6 Å². The molecule has 1 heterocycles. The first kappa shape index (κ1) is 11.8. The predicted octanol–water partition coefficient (Wildman–Crippen LogP) is 2.73. The molecular formula is C15H20O3. The van der Waals surface area contributed by atoms with E-state index in [9.17, 15) is 10.2 Å². The zero-order valence-electron chi connectivity index (χ0n) is 10.7. The molecule has 98 valence electrons. The van der Waals surface area contributed by atoms with Crippen LogP contribution in [0.15, 0.2) is 12.1 Å². The third-order valence-corrected chi connectivity index (χ3v) is 4.17. The van der Waals surface area contributed by atoms with Crippen molar-refractivity contribution in [3.63, 3.8) is 0 Å². The fraction of sp³-hybridized carbons (Fsp3) is 0.600. The van der Waals surface area contributed by atoms with Crippen molar-refractivity contribution >= 4 is 0 Å². The predicted molar refractivity (Wildman–Crippen MR) is 69.1 cm³/mol. The quantitative estimate of drug-likeness (QED) is 0.846. The minimum absolute atomic E-state index is 0.0972. The number of aryl methyl sites for hydroxylation is 1. The van der Waals surface area contributed by atoms with Gasteiger partial charge in [-0.3, -0.25) is 0 Å². The molecule has 1 aromatic rings. The number of aliphatic hydroxyl groups excluding tert-OH is 1. The zero-order valence-corrected chi connectivity index (χ0v) is 10.7. The molecule has 0 radical (unpaired) electrons. The van der Waals surface area contributed by atoms with Crippen LogP contribution in [-0.2, 0) is 6.42 Å². The van der Waals surface area contributed by atoms with Gasteiger partial charge in [-0.2, -0.15) is 0 Å². The highest BCUT2D eigenvalue weighted by atomic mass is 16.5. The van der Waals surface area contributed by atoms with E-state index in [4.69, 9.17) is 4.74 Å². The van der Waals surface area contributed by atoms with E-state index in [-0.39, 0.29) is 12.2 Å². The molecule has 2 unspecified atom stereocenters. The summed E-state index contributed by atoms with van der Waals surface area (Å²) in [6.07, 6.45) is 4.25. The molecule has 0 bridgehead atoms. The molecule has 1 fully saturated rings. The van der Waals surface area contributed by atoms with Gasteiger partial charge < -0.3 is 14.9 Å². The van der Waals surface area contributed by atoms with Gasteiger partial charge in [0, 0.05) is 17.9 Å². The first-order chi connectivity index (χ1) is 8.69. The van der Waals surface area contributed by atoms with Crippen LogP contribution in [0.4, 0.5) is 0 Å². The molecular weight excluding hydrogens is 228 g/mol. The van der Waals surface area contributed by atoms with E-state index in [1.807, 2.05) is 12.1 Å². The Kier molecular flexibility index (Phi) is 2.94. The van der Waals surface area contributed by atoms with Crippen LogP contribution < -0.4 is 4.74 Å². The smallest absolute Gasteiger partial charge is 0.123 e. The fourth-order valence-corrected chi connectivity index (χ4v) is 3.25. The summed E-state index contributed by atoms with van der Waals surface area (Å²) in [5, 5.41) is 19.7. The van der Waals surface area contributed by atoms with Gasteiger partial charge in [0.05, 0.1) is 6.10 Å². The summed E-state index contributed by atoms with van der Waals surface area (Å²) in [5.41, 5.74) is 2.10. The number of phenols is 1. The summed E-state index contributed by atoms with van der Waals surface area (Å²) in [4.78, 5) is 0. The first-order valence-electron chi connectivity index (χ1n) is 6.89. The lowest BCUT2D eigenvalue weighted by molar-refractivity contribution is 0.0551. The van der Waals surface area contributed by atoms with Crippen molar-refractivity contribution in [3.05, 3.63) is 23.3 Å². The summed E-state index contributed by atoms with van der Waals surface area (Å²) in [6.45, 7) is 2.10. The molecule has 3 atom stereocenters. The zero-order chi connectivity index (χ0) is 12.7. The summed E-state index contributed by atoms with van der Waals surface area (Å²) < 4.78 is 5.95. The third-order valence-electron chi connectivity index (χ3n) is 4.17. The van der Waals surface area contributed by atoms with Gasteiger partial charge in [0.25, 0.3) is 0 Å². The Morgan fingerprint density at radius 1 is 1.33 bits per heavy atom. The van der Waals surface area contributed by atoms with Crippen LogP contribution in [0, 0.1) is 0 Å². The van der Waals surface area contributed by atoms with E-state index >= 15 is 0 Å². The number of aromatic hydroxyl groups is 1. The first-order valence-corrected chi connectivity index (χ1v) is 6.89. The van der Waals surface area contributed by atoms with E-state index in [0.29, 0.717) is 18.1 Å². The standard InChI is InChI=1S/C15H20O3/c1-2-3-9-6-14-12(8-13(9)17)11-5-4-10(16)7-15(11)18-14/h6,8,10-11,15-17H,2-5,7H2,1H3/t10-,11?,15?/m1/s1. The Hall–Kier alpha value is -1.22. The van der Waals surface area contributed by atoms with Gasteiger partial charge in [-0.1, -0.05) is 13.3 Å². The molecule has 0 aromatic heterocycles. The average molecular weight is 248 g/mol. The highest BCUT2D eigenvalue weighted by Crippen LogP contribution is 2.47. The van der Waals surface area contributed by atoms with Crippen molar-refractivity contribution in [3.8, 4) is 11.5 Å². The van der Waals surface area contributed by atoms with Gasteiger partial charge in [-0.25, -0.2) is 0 Å². The molecule has 2 aliphatic rings. The van der Waals surface area contributed by atoms with E-state index in [2.05, 4.69) is 6.92 Å². The Morgan fingerprint density at radius 2 is 2.17 bits per heavy atom. The normalized spacial score (nSPS) is 29.6. The molecule has 3 heteroatoms. The van der Waals surface area contributed by atoms with Crippen LogP contribution in [0.3, 0.4) is 0 Å². The number of benzene rings is 1. The van der Waals surface area contributed by atoms with E-state index in [0.717, 1.165) is 42.6 Å². The monoisotopic (exact) mass is 248 g/mol. The van der Waals surface area contributed by atoms with Crippen molar-refractivity contribution in [2.45, 2.75) is 57.2 Å². The number of hydrogen-bond donors (Lipinski definition) is 2. The van der Waals surface area contributed by atoms with Crippen molar-refractivity contribution in [2.24, 2.45) is 0 Å². The van der Waals surface area contributed by atoms with E-state index < -0.39 is 0 Å². The lowest BCUT2D eigenvalue weighted by Crippen LogP contribution is -2.30. The molecule has 3 nitrogen and oxygen atoms in total. The van der Waals surface area contributed by atoms with Gasteiger partial charge in [-0.05, 0) is 37.0 Å². The van der Waals surface area contributed by atoms with Gasteiger partial charge in [-0.15, -0.1) is 0 Å². The lowest BCUT2D eigenvalue weighted by Gasteiger charge is -2.27. The molecule has 0 amide bonds. The number of hydrogen-bond acceptors (Lipinski definition) is 3. The number of fused-ring (bicyclic) bond motifs is 3. The summed E-state index contributed by atoms with van der Waals surface area (Å²) in [5.74, 6) is 1.66. The number of aliphatic hydroxyl groups is 1. The molecule has 2 N–H and O–H groups in total. The third kappa shape index (κ3) is 1.87. The van der Waals surface area contributed by atoms with E-state index in [1.54, 1.807) is 0 Å². The number of ether oxygens (including phenoxy) is 1. The van der Waals surface area contributed by atoms with Gasteiger partial charge in [0.15, 0.2) is 0 Å². The van der Waals surface area contributed by atoms with Gasteiger partial charge in [0.2, 0.25) is 0 Å². The fourth-order valence-electron chi connectivity index (χ4n) is 3.25. The van der Waals surface area contributed by atoms with E-state index in [1.165, 1.54) is 0 Å². The maximum Gasteiger partial charge on any atom is 0.123 e. The summed E-state index contributed by atoms with van der Waals surface area (Å²) >= 11 is 0. The number of phenolic OH excluding ortho intramolecular Hbond substituents is 1. The summed E-state index contributed by atoms with van der Waals surface area (Å²) in [6, 6.07) is 3.86. The van der Waals surface area contributed by atoms with Crippen molar-refractivity contribution in [1.29, 1.82) is 0 Å². The second-order valence-electron chi connectivity index (χ2n) is 5.50. The summed E-state index contributed by atoms with van der Waals surface area (Å²) in [7, 11) is 0. The Bertz CT molecular complexity index is 455. The second kappa shape index (κ2) is 4.47. The Labute approximate surface area is 107 Å². The largest absolute Gasteiger partial charge is 0.508 e. The number of rotatable bonds is 2. The molecule has 18 heavy (non-hydrogen) atoms. The van der Waals surface area contributed by atoms with Crippen LogP contribution in [0.1, 0.15) is 49.7 Å². The molecule has 1 aliphatic heterocycles. The van der Waals surface area contributed by atoms with Crippen LogP contribution in [0.5, 0.6) is 11.5 Å². The maximum absolute atomic E-state index is 10.0. The highest BCUT2D eigenvalue weighted by molar-refractivity contribution is 5.50. The van der Waals surface area contributed by atoms with Crippen LogP contribution in [-0.4, -0.2) is 22.4 Å². The van der Waals surface area contributed by atoms with Crippen molar-refractivity contribution in [2.75, 3.05) is 0 Å². The minimum Gasteiger partial charge on any atom is -0.508 e. The van der Waals surface area contributed by atoms with Crippen LogP contribution in [0.2, 0.25) is 0 Å². The van der Waals surface area contributed by atoms with Gasteiger partial charge >= 0.3 is 0 Å². The Morgan fingerprint density at radius 3 is 2.94 bits per heavy atom. The maximum atomic E-state index is 10.0. The topological polar surface area (TPSA) is 49.7 Å². The molecule has 1 saturated carbocycles. The second-order valence-corrected chi connectivity index (χ2v) is 5.50. The molecule has 0 spiro atoms. The molecule has 1 aliphatic carbocycles. The van der Waals surface area contributed by atoms with Crippen molar-refractivity contribution < 1.29 is 14.9 Å². The SMILES string of the molecule is CCCc1cc2c(cc1O)C1CC[C@@H](O)CC1O2. The van der Waals surface area contributed by atoms with Crippen LogP contribution in [0.25, 0.3) is 0 Å². The highest BCUT2D eigenvalue weighted by Gasteiger charge is 2.39. The molecule has 0 saturated heterocycles. The lowest BCUT2D eigenvalue weighted by atomic mass is 9.81. The minimum atomic E-state index is -0.232. The molecule has 1 aromatic carbocycles. The average Bonchev–Trinajstić information content (AvgIpc) is 2.66. The Balaban J connectivity index is 1.92. The molecule has 3 rings (SSSR count). The van der Waals surface area contributed by atoms with Crippen molar-refractivity contribution in [1.82, 2.24) is 0 Å². The van der Waals surface area contributed by atoms with Crippen LogP contribution >= 0.6 is 0 Å².